The molecule has 42 heavy (non-hydrogen) atoms. The zero-order valence-corrected chi connectivity index (χ0v) is 27.1. The smallest absolute Gasteiger partial charge is 0.330 e. The second-order valence-corrected chi connectivity index (χ2v) is 13.9. The van der Waals surface area contributed by atoms with Crippen molar-refractivity contribution in [3.8, 4) is 0 Å². The minimum atomic E-state index is -3.04. The Hall–Kier alpha value is -1.93. The maximum absolute atomic E-state index is 13.5. The van der Waals surface area contributed by atoms with Gasteiger partial charge in [-0.3, -0.25) is 14.4 Å². The van der Waals surface area contributed by atoms with Gasteiger partial charge in [0.25, 0.3) is 5.91 Å². The molecule has 1 N–H and O–H groups in total. The fourth-order valence-electron chi connectivity index (χ4n) is 5.60. The highest BCUT2D eigenvalue weighted by Crippen LogP contribution is 2.48. The summed E-state index contributed by atoms with van der Waals surface area (Å²) in [6.45, 7) is 7.50. The van der Waals surface area contributed by atoms with E-state index >= 15 is 0 Å². The average Bonchev–Trinajstić information content (AvgIpc) is 3.39. The lowest BCUT2D eigenvalue weighted by atomic mass is 9.86. The molecule has 1 amide bonds. The first-order chi connectivity index (χ1) is 20.2. The zero-order chi connectivity index (χ0) is 30.1. The number of rotatable bonds is 14. The van der Waals surface area contributed by atoms with E-state index in [0.29, 0.717) is 72.8 Å². The molecule has 230 valence electrons. The van der Waals surface area contributed by atoms with Gasteiger partial charge in [0, 0.05) is 30.7 Å². The molecule has 3 unspecified atom stereocenters. The van der Waals surface area contributed by atoms with Crippen LogP contribution >= 0.6 is 30.8 Å². The van der Waals surface area contributed by atoms with Gasteiger partial charge in [0.1, 0.15) is 5.71 Å². The molecule has 1 saturated carbocycles. The van der Waals surface area contributed by atoms with Crippen LogP contribution in [0.15, 0.2) is 47.6 Å². The quantitative estimate of drug-likeness (QED) is 0.167. The lowest BCUT2D eigenvalue weighted by molar-refractivity contribution is -0.115. The number of aryl methyl sites for hydroxylation is 1. The molecule has 1 heterocycles. The lowest BCUT2D eigenvalue weighted by Crippen LogP contribution is -2.42. The summed E-state index contributed by atoms with van der Waals surface area (Å²) < 4.78 is 29.3. The molecule has 8 nitrogen and oxygen atoms in total. The van der Waals surface area contributed by atoms with Gasteiger partial charge in [-0.2, -0.15) is 5.10 Å². The van der Waals surface area contributed by atoms with Crippen LogP contribution in [0.5, 0.6) is 0 Å². The van der Waals surface area contributed by atoms with Crippen LogP contribution in [0.25, 0.3) is 0 Å². The van der Waals surface area contributed by atoms with E-state index in [1.54, 1.807) is 12.1 Å². The van der Waals surface area contributed by atoms with Crippen molar-refractivity contribution in [3.05, 3.63) is 63.6 Å². The molecule has 0 spiro atoms. The van der Waals surface area contributed by atoms with E-state index < -0.39 is 7.60 Å². The van der Waals surface area contributed by atoms with E-state index in [0.717, 1.165) is 31.2 Å². The molecule has 4 rings (SSSR count). The highest BCUT2D eigenvalue weighted by atomic mass is 35.5. The lowest BCUT2D eigenvalue weighted by Gasteiger charge is -2.29. The highest BCUT2D eigenvalue weighted by molar-refractivity contribution is 7.53. The topological polar surface area (TPSA) is 89.5 Å². The number of halogens is 2. The highest BCUT2D eigenvalue weighted by Gasteiger charge is 2.35. The summed E-state index contributed by atoms with van der Waals surface area (Å²) in [5, 5.41) is 10.9. The molecular formula is C31H42Cl2N3O5P. The number of nitrogens with zero attached hydrogens (tertiary/aromatic N) is 2. The van der Waals surface area contributed by atoms with Crippen LogP contribution in [-0.4, -0.2) is 50.3 Å². The maximum atomic E-state index is 13.5. The molecule has 2 aromatic carbocycles. The van der Waals surface area contributed by atoms with Gasteiger partial charge < -0.3 is 19.1 Å². The third-order valence-corrected chi connectivity index (χ3v) is 10.3. The van der Waals surface area contributed by atoms with E-state index in [1.807, 2.05) is 31.8 Å². The third-order valence-electron chi connectivity index (χ3n) is 7.63. The van der Waals surface area contributed by atoms with Crippen molar-refractivity contribution in [3.63, 3.8) is 0 Å². The van der Waals surface area contributed by atoms with Crippen molar-refractivity contribution in [1.29, 1.82) is 0 Å². The van der Waals surface area contributed by atoms with Crippen LogP contribution in [0.2, 0.25) is 10.0 Å². The van der Waals surface area contributed by atoms with Crippen molar-refractivity contribution in [1.82, 2.24) is 5.32 Å². The van der Waals surface area contributed by atoms with Crippen LogP contribution in [0.3, 0.4) is 0 Å². The van der Waals surface area contributed by atoms with Gasteiger partial charge in [-0.1, -0.05) is 59.5 Å². The van der Waals surface area contributed by atoms with Gasteiger partial charge in [-0.15, -0.1) is 0 Å². The number of nitrogens with one attached hydrogen (secondary N) is 1. The van der Waals surface area contributed by atoms with Crippen LogP contribution in [-0.2, 0) is 23.1 Å². The minimum absolute atomic E-state index is 0.0599. The predicted octanol–water partition coefficient (Wildman–Crippen LogP) is 7.96. The number of carbonyl (C=O) groups is 1. The second kappa shape index (κ2) is 15.7. The first-order valence-corrected chi connectivity index (χ1v) is 17.3. The average molecular weight is 639 g/mol. The van der Waals surface area contributed by atoms with Crippen molar-refractivity contribution in [2.75, 3.05) is 37.6 Å². The molecule has 1 aliphatic carbocycles. The summed E-state index contributed by atoms with van der Waals surface area (Å²) in [6, 6.07) is 13.5. The molecule has 1 fully saturated rings. The van der Waals surface area contributed by atoms with E-state index in [1.165, 1.54) is 5.56 Å². The molecule has 0 bridgehead atoms. The van der Waals surface area contributed by atoms with E-state index in [-0.39, 0.29) is 18.0 Å². The molecule has 0 saturated heterocycles. The Balaban J connectivity index is 1.33. The summed E-state index contributed by atoms with van der Waals surface area (Å²) in [5.41, 5.74) is 3.42. The van der Waals surface area contributed by atoms with Crippen molar-refractivity contribution >= 4 is 48.1 Å². The summed E-state index contributed by atoms with van der Waals surface area (Å²) >= 11 is 12.7. The number of hydrazone groups is 1. The molecule has 2 aliphatic rings. The molecular weight excluding hydrogens is 596 g/mol. The molecule has 0 aromatic heterocycles. The number of carbonyl (C=O) groups excluding carboxylic acids is 1. The summed E-state index contributed by atoms with van der Waals surface area (Å²) in [5.74, 6) is 0.207. The number of amides is 1. The Morgan fingerprint density at radius 1 is 1.10 bits per heavy atom. The SMILES string of the molecule is CCOP(=O)(CCCOCC1CCCC(NC(=O)C2=NN(c3ccc(Cl)cc3Cl)C(c3ccc(C)cc3)C2)C1)OCC. The van der Waals surface area contributed by atoms with Gasteiger partial charge in [-0.25, -0.2) is 0 Å². The predicted molar refractivity (Wildman–Crippen MR) is 170 cm³/mol. The largest absolute Gasteiger partial charge is 0.381 e. The van der Waals surface area contributed by atoms with Crippen LogP contribution in [0.1, 0.15) is 69.5 Å². The first-order valence-electron chi connectivity index (χ1n) is 14.9. The van der Waals surface area contributed by atoms with Crippen molar-refractivity contribution in [2.24, 2.45) is 11.0 Å². The number of ether oxygens (including phenoxy) is 1. The third kappa shape index (κ3) is 9.04. The normalized spacial score (nSPS) is 20.9. The Labute approximate surface area is 259 Å². The molecule has 11 heteroatoms. The molecule has 0 radical (unpaired) electrons. The number of anilines is 1. The van der Waals surface area contributed by atoms with Gasteiger partial charge in [0.05, 0.1) is 36.1 Å². The Morgan fingerprint density at radius 3 is 2.52 bits per heavy atom. The van der Waals surface area contributed by atoms with Crippen LogP contribution in [0, 0.1) is 12.8 Å². The minimum Gasteiger partial charge on any atom is -0.381 e. The Bertz CT molecular complexity index is 1270. The molecule has 3 atom stereocenters. The second-order valence-electron chi connectivity index (χ2n) is 10.9. The monoisotopic (exact) mass is 637 g/mol. The Kier molecular flexibility index (Phi) is 12.3. The van der Waals surface area contributed by atoms with Crippen LogP contribution in [0.4, 0.5) is 5.69 Å². The fraction of sp³-hybridized carbons (Fsp3) is 0.548. The molecule has 1 aliphatic heterocycles. The summed E-state index contributed by atoms with van der Waals surface area (Å²) in [7, 11) is -3.04. The van der Waals surface area contributed by atoms with Gasteiger partial charge in [0.2, 0.25) is 0 Å². The van der Waals surface area contributed by atoms with Gasteiger partial charge in [-0.05, 0) is 76.1 Å². The van der Waals surface area contributed by atoms with E-state index in [2.05, 4.69) is 29.6 Å². The Morgan fingerprint density at radius 2 is 1.83 bits per heavy atom. The maximum Gasteiger partial charge on any atom is 0.330 e. The summed E-state index contributed by atoms with van der Waals surface area (Å²) in [4.78, 5) is 13.5. The summed E-state index contributed by atoms with van der Waals surface area (Å²) in [6.07, 6.45) is 5.29. The fourth-order valence-corrected chi connectivity index (χ4v) is 7.73. The number of benzene rings is 2. The standard InChI is InChI=1S/C31H42Cl2N3O5P/c1-4-40-42(38,41-5-2)17-7-16-39-21-23-8-6-9-26(18-23)34-31(37)28-20-30(24-12-10-22(3)11-13-24)36(35-28)29-15-14-25(32)19-27(29)33/h10-15,19,23,26,30H,4-9,16-18,20-21H2,1-3H3,(H,34,37). The number of hydrogen-bond donors (Lipinski definition) is 1. The zero-order valence-electron chi connectivity index (χ0n) is 24.7. The van der Waals surface area contributed by atoms with Crippen LogP contribution < -0.4 is 10.3 Å². The van der Waals surface area contributed by atoms with E-state index in [4.69, 9.17) is 42.1 Å². The first kappa shape index (κ1) is 33.0. The van der Waals surface area contributed by atoms with Gasteiger partial charge >= 0.3 is 7.60 Å². The van der Waals surface area contributed by atoms with Crippen molar-refractivity contribution in [2.45, 2.75) is 71.4 Å². The molecule has 2 aromatic rings. The van der Waals surface area contributed by atoms with Crippen molar-refractivity contribution < 1.29 is 23.1 Å². The van der Waals surface area contributed by atoms with Gasteiger partial charge in [0.15, 0.2) is 0 Å². The van der Waals surface area contributed by atoms with E-state index in [9.17, 15) is 9.36 Å². The number of hydrogen-bond acceptors (Lipinski definition) is 7.